The van der Waals surface area contributed by atoms with Gasteiger partial charge in [0.2, 0.25) is 0 Å². The first kappa shape index (κ1) is 13.4. The third-order valence-corrected chi connectivity index (χ3v) is 2.99. The number of nitrogen functional groups attached to an aromatic ring is 1. The van der Waals surface area contributed by atoms with Crippen LogP contribution in [-0.4, -0.2) is 9.78 Å². The molecule has 0 amide bonds. The zero-order chi connectivity index (χ0) is 14.0. The number of anilines is 2. The number of halogens is 1. The summed E-state index contributed by atoms with van der Waals surface area (Å²) in [5.74, 6) is 0.586. The van der Waals surface area contributed by atoms with Crippen molar-refractivity contribution >= 4 is 11.5 Å². The number of nitrogens with one attached hydrogen (secondary N) is 1. The lowest BCUT2D eigenvalue weighted by molar-refractivity contribution is 0.534. The SMILES string of the molecule is Cc1nn(C(C)C)c(NCc2ccc(F)cc2)c1N. The summed E-state index contributed by atoms with van der Waals surface area (Å²) in [6.07, 6.45) is 0. The summed E-state index contributed by atoms with van der Waals surface area (Å²) >= 11 is 0. The van der Waals surface area contributed by atoms with Crippen LogP contribution >= 0.6 is 0 Å². The molecule has 3 N–H and O–H groups in total. The quantitative estimate of drug-likeness (QED) is 0.890. The highest BCUT2D eigenvalue weighted by Gasteiger charge is 2.14. The van der Waals surface area contributed by atoms with Crippen molar-refractivity contribution in [1.82, 2.24) is 9.78 Å². The van der Waals surface area contributed by atoms with E-state index in [1.807, 2.05) is 11.6 Å². The summed E-state index contributed by atoms with van der Waals surface area (Å²) in [7, 11) is 0. The van der Waals surface area contributed by atoms with Gasteiger partial charge in [-0.3, -0.25) is 0 Å². The number of hydrogen-bond acceptors (Lipinski definition) is 3. The number of nitrogens with two attached hydrogens (primary N) is 1. The molecule has 1 heterocycles. The smallest absolute Gasteiger partial charge is 0.148 e. The van der Waals surface area contributed by atoms with E-state index >= 15 is 0 Å². The van der Waals surface area contributed by atoms with E-state index in [0.717, 1.165) is 17.1 Å². The fourth-order valence-electron chi connectivity index (χ4n) is 1.90. The first-order valence-electron chi connectivity index (χ1n) is 6.32. The molecule has 19 heavy (non-hydrogen) atoms. The number of hydrogen-bond donors (Lipinski definition) is 2. The van der Waals surface area contributed by atoms with Gasteiger partial charge in [0.25, 0.3) is 0 Å². The van der Waals surface area contributed by atoms with Crippen LogP contribution in [0.25, 0.3) is 0 Å². The Labute approximate surface area is 112 Å². The zero-order valence-corrected chi connectivity index (χ0v) is 11.4. The Kier molecular flexibility index (Phi) is 3.74. The van der Waals surface area contributed by atoms with Gasteiger partial charge < -0.3 is 11.1 Å². The third-order valence-electron chi connectivity index (χ3n) is 2.99. The summed E-state index contributed by atoms with van der Waals surface area (Å²) in [5.41, 5.74) is 8.50. The van der Waals surface area contributed by atoms with E-state index in [-0.39, 0.29) is 11.9 Å². The second kappa shape index (κ2) is 5.30. The molecule has 0 spiro atoms. The Morgan fingerprint density at radius 1 is 1.32 bits per heavy atom. The summed E-state index contributed by atoms with van der Waals surface area (Å²) in [6, 6.07) is 6.63. The maximum Gasteiger partial charge on any atom is 0.148 e. The van der Waals surface area contributed by atoms with Gasteiger partial charge in [0, 0.05) is 12.6 Å². The molecule has 1 aromatic carbocycles. The molecule has 4 nitrogen and oxygen atoms in total. The monoisotopic (exact) mass is 262 g/mol. The van der Waals surface area contributed by atoms with Gasteiger partial charge in [-0.1, -0.05) is 12.1 Å². The van der Waals surface area contributed by atoms with Gasteiger partial charge in [0.1, 0.15) is 11.6 Å². The van der Waals surface area contributed by atoms with Crippen LogP contribution in [0.1, 0.15) is 31.1 Å². The zero-order valence-electron chi connectivity index (χ0n) is 11.4. The summed E-state index contributed by atoms with van der Waals surface area (Å²) in [4.78, 5) is 0. The normalized spacial score (nSPS) is 11.0. The largest absolute Gasteiger partial charge is 0.394 e. The lowest BCUT2D eigenvalue weighted by Gasteiger charge is -2.13. The fourth-order valence-corrected chi connectivity index (χ4v) is 1.90. The van der Waals surface area contributed by atoms with Crippen LogP contribution < -0.4 is 11.1 Å². The highest BCUT2D eigenvalue weighted by molar-refractivity contribution is 5.65. The fraction of sp³-hybridized carbons (Fsp3) is 0.357. The topological polar surface area (TPSA) is 55.9 Å². The highest BCUT2D eigenvalue weighted by Crippen LogP contribution is 2.25. The molecule has 0 aliphatic carbocycles. The molecule has 0 atom stereocenters. The van der Waals surface area contributed by atoms with Crippen molar-refractivity contribution in [3.8, 4) is 0 Å². The molecule has 0 aliphatic heterocycles. The van der Waals surface area contributed by atoms with Crippen molar-refractivity contribution < 1.29 is 4.39 Å². The molecule has 0 radical (unpaired) electrons. The minimum absolute atomic E-state index is 0.228. The maximum atomic E-state index is 12.8. The molecule has 0 bridgehead atoms. The minimum Gasteiger partial charge on any atom is -0.394 e. The molecule has 2 aromatic rings. The van der Waals surface area contributed by atoms with E-state index in [4.69, 9.17) is 5.73 Å². The average molecular weight is 262 g/mol. The Morgan fingerprint density at radius 3 is 2.53 bits per heavy atom. The molecule has 0 aliphatic rings. The van der Waals surface area contributed by atoms with Gasteiger partial charge in [-0.15, -0.1) is 0 Å². The standard InChI is InChI=1S/C14H19FN4/c1-9(2)19-14(13(16)10(3)18-19)17-8-11-4-6-12(15)7-5-11/h4-7,9,17H,8,16H2,1-3H3. The summed E-state index contributed by atoms with van der Waals surface area (Å²) in [5, 5.41) is 7.68. The van der Waals surface area contributed by atoms with Crippen molar-refractivity contribution in [3.63, 3.8) is 0 Å². The molecule has 0 saturated carbocycles. The summed E-state index contributed by atoms with van der Waals surface area (Å²) in [6.45, 7) is 6.57. The van der Waals surface area contributed by atoms with Crippen LogP contribution in [0.15, 0.2) is 24.3 Å². The van der Waals surface area contributed by atoms with Crippen LogP contribution in [-0.2, 0) is 6.54 Å². The predicted octanol–water partition coefficient (Wildman–Crippen LogP) is 3.11. The van der Waals surface area contributed by atoms with E-state index < -0.39 is 0 Å². The van der Waals surface area contributed by atoms with E-state index in [1.54, 1.807) is 12.1 Å². The van der Waals surface area contributed by atoms with Gasteiger partial charge in [0.05, 0.1) is 11.4 Å². The average Bonchev–Trinajstić information content (AvgIpc) is 2.66. The Balaban J connectivity index is 2.17. The molecule has 0 fully saturated rings. The van der Waals surface area contributed by atoms with Crippen molar-refractivity contribution in [2.24, 2.45) is 0 Å². The number of rotatable bonds is 4. The van der Waals surface area contributed by atoms with Crippen LogP contribution in [0, 0.1) is 12.7 Å². The second-order valence-corrected chi connectivity index (χ2v) is 4.87. The lowest BCUT2D eigenvalue weighted by atomic mass is 10.2. The van der Waals surface area contributed by atoms with Crippen LogP contribution in [0.4, 0.5) is 15.9 Å². The van der Waals surface area contributed by atoms with Crippen LogP contribution in [0.2, 0.25) is 0 Å². The molecule has 102 valence electrons. The second-order valence-electron chi connectivity index (χ2n) is 4.87. The highest BCUT2D eigenvalue weighted by atomic mass is 19.1. The number of benzene rings is 1. The van der Waals surface area contributed by atoms with Gasteiger partial charge in [-0.05, 0) is 38.5 Å². The summed E-state index contributed by atoms with van der Waals surface area (Å²) < 4.78 is 14.7. The molecular formula is C14H19FN4. The molecule has 1 aromatic heterocycles. The molecule has 0 saturated heterocycles. The molecule has 5 heteroatoms. The van der Waals surface area contributed by atoms with Gasteiger partial charge in [-0.2, -0.15) is 5.10 Å². The number of nitrogens with zero attached hydrogens (tertiary/aromatic N) is 2. The van der Waals surface area contributed by atoms with Gasteiger partial charge in [-0.25, -0.2) is 9.07 Å². The van der Waals surface area contributed by atoms with E-state index in [2.05, 4.69) is 24.3 Å². The van der Waals surface area contributed by atoms with Crippen molar-refractivity contribution in [2.45, 2.75) is 33.4 Å². The Bertz CT molecular complexity index is 558. The van der Waals surface area contributed by atoms with Crippen LogP contribution in [0.5, 0.6) is 0 Å². The van der Waals surface area contributed by atoms with Crippen molar-refractivity contribution in [3.05, 3.63) is 41.3 Å². The van der Waals surface area contributed by atoms with E-state index in [1.165, 1.54) is 12.1 Å². The first-order valence-corrected chi connectivity index (χ1v) is 6.32. The number of aryl methyl sites for hydroxylation is 1. The molecule has 0 unspecified atom stereocenters. The van der Waals surface area contributed by atoms with Gasteiger partial charge >= 0.3 is 0 Å². The van der Waals surface area contributed by atoms with Crippen LogP contribution in [0.3, 0.4) is 0 Å². The van der Waals surface area contributed by atoms with Gasteiger partial charge in [0.15, 0.2) is 0 Å². The minimum atomic E-state index is -0.230. The lowest BCUT2D eigenvalue weighted by Crippen LogP contribution is -2.11. The number of aromatic nitrogens is 2. The third kappa shape index (κ3) is 2.86. The Hall–Kier alpha value is -2.04. The van der Waals surface area contributed by atoms with Crippen molar-refractivity contribution in [2.75, 3.05) is 11.1 Å². The van der Waals surface area contributed by atoms with Crippen molar-refractivity contribution in [1.29, 1.82) is 0 Å². The maximum absolute atomic E-state index is 12.8. The Morgan fingerprint density at radius 2 is 1.95 bits per heavy atom. The first-order chi connectivity index (χ1) is 8.99. The van der Waals surface area contributed by atoms with E-state index in [9.17, 15) is 4.39 Å². The van der Waals surface area contributed by atoms with E-state index in [0.29, 0.717) is 12.2 Å². The predicted molar refractivity (Wildman–Crippen MR) is 75.5 cm³/mol. The molecular weight excluding hydrogens is 243 g/mol. The molecule has 2 rings (SSSR count).